The van der Waals surface area contributed by atoms with Crippen molar-refractivity contribution in [3.63, 3.8) is 0 Å². The van der Waals surface area contributed by atoms with Gasteiger partial charge in [0.1, 0.15) is 0 Å². The van der Waals surface area contributed by atoms with E-state index in [2.05, 4.69) is 0 Å². The summed E-state index contributed by atoms with van der Waals surface area (Å²) in [5.74, 6) is -0.249. The number of anilines is 1. The van der Waals surface area contributed by atoms with Crippen molar-refractivity contribution in [2.75, 3.05) is 19.0 Å². The Balaban J connectivity index is 1.93. The molecule has 4 aromatic rings. The summed E-state index contributed by atoms with van der Waals surface area (Å²) < 4.78 is 41.5. The van der Waals surface area contributed by atoms with Crippen molar-refractivity contribution < 1.29 is 18.0 Å². The Bertz CT molecular complexity index is 1210. The Kier molecular flexibility index (Phi) is 4.86. The summed E-state index contributed by atoms with van der Waals surface area (Å²) in [6.07, 6.45) is -3.16. The van der Waals surface area contributed by atoms with Gasteiger partial charge in [-0.1, -0.05) is 42.5 Å². The lowest BCUT2D eigenvalue weighted by Gasteiger charge is -2.13. The molecule has 0 radical (unpaired) electrons. The van der Waals surface area contributed by atoms with Crippen molar-refractivity contribution in [3.8, 4) is 11.1 Å². The van der Waals surface area contributed by atoms with Gasteiger partial charge in [0.05, 0.1) is 16.8 Å². The SMILES string of the molecule is CN(C)c1ccc(-c2cc(C(=O)c3ccccc3)n3ccc(C(F)(F)F)cc23)cc1. The highest BCUT2D eigenvalue weighted by atomic mass is 19.4. The second kappa shape index (κ2) is 7.37. The number of ketones is 1. The third-order valence-electron chi connectivity index (χ3n) is 5.06. The number of alkyl halides is 3. The van der Waals surface area contributed by atoms with Crippen LogP contribution in [0.25, 0.3) is 16.6 Å². The maximum Gasteiger partial charge on any atom is 0.416 e. The fourth-order valence-electron chi connectivity index (χ4n) is 3.46. The largest absolute Gasteiger partial charge is 0.416 e. The second-order valence-electron chi connectivity index (χ2n) is 7.25. The quantitative estimate of drug-likeness (QED) is 0.392. The van der Waals surface area contributed by atoms with Crippen LogP contribution >= 0.6 is 0 Å². The van der Waals surface area contributed by atoms with Crippen LogP contribution in [0.1, 0.15) is 21.6 Å². The molecule has 0 unspecified atom stereocenters. The first-order valence-corrected chi connectivity index (χ1v) is 9.35. The van der Waals surface area contributed by atoms with Crippen LogP contribution in [-0.2, 0) is 6.18 Å². The first kappa shape index (κ1) is 19.8. The number of carbonyl (C=O) groups excluding carboxylic acids is 1. The van der Waals surface area contributed by atoms with Crippen molar-refractivity contribution in [1.82, 2.24) is 4.40 Å². The maximum atomic E-state index is 13.3. The molecule has 0 aliphatic rings. The van der Waals surface area contributed by atoms with E-state index < -0.39 is 11.7 Å². The zero-order valence-corrected chi connectivity index (χ0v) is 16.4. The molecule has 0 fully saturated rings. The minimum absolute atomic E-state index is 0.249. The van der Waals surface area contributed by atoms with Crippen LogP contribution in [0.2, 0.25) is 0 Å². The predicted molar refractivity (Wildman–Crippen MR) is 112 cm³/mol. The first-order chi connectivity index (χ1) is 14.3. The molecule has 0 spiro atoms. The van der Waals surface area contributed by atoms with Gasteiger partial charge in [-0.15, -0.1) is 0 Å². The maximum absolute atomic E-state index is 13.3. The molecule has 0 aliphatic heterocycles. The normalized spacial score (nSPS) is 11.6. The van der Waals surface area contributed by atoms with Crippen LogP contribution in [0.4, 0.5) is 18.9 Å². The molecule has 2 heterocycles. The summed E-state index contributed by atoms with van der Waals surface area (Å²) in [5, 5.41) is 0. The van der Waals surface area contributed by atoms with Gasteiger partial charge in [-0.3, -0.25) is 4.79 Å². The van der Waals surface area contributed by atoms with E-state index in [4.69, 9.17) is 0 Å². The number of rotatable bonds is 4. The molecule has 4 rings (SSSR count). The fourth-order valence-corrected chi connectivity index (χ4v) is 3.46. The third-order valence-corrected chi connectivity index (χ3v) is 5.06. The Hall–Kier alpha value is -3.54. The molecule has 0 bridgehead atoms. The van der Waals surface area contributed by atoms with Crippen molar-refractivity contribution in [2.24, 2.45) is 0 Å². The highest BCUT2D eigenvalue weighted by Crippen LogP contribution is 2.35. The van der Waals surface area contributed by atoms with E-state index in [0.29, 0.717) is 22.3 Å². The topological polar surface area (TPSA) is 24.7 Å². The number of nitrogens with zero attached hydrogens (tertiary/aromatic N) is 2. The van der Waals surface area contributed by atoms with Crippen LogP contribution in [0.5, 0.6) is 0 Å². The van der Waals surface area contributed by atoms with Crippen molar-refractivity contribution in [1.29, 1.82) is 0 Å². The minimum Gasteiger partial charge on any atom is -0.378 e. The monoisotopic (exact) mass is 408 g/mol. The van der Waals surface area contributed by atoms with Crippen molar-refractivity contribution in [3.05, 3.63) is 95.8 Å². The van der Waals surface area contributed by atoms with E-state index in [0.717, 1.165) is 23.4 Å². The Morgan fingerprint density at radius 3 is 2.17 bits per heavy atom. The number of hydrogen-bond donors (Lipinski definition) is 0. The average molecular weight is 408 g/mol. The highest BCUT2D eigenvalue weighted by molar-refractivity contribution is 6.10. The molecule has 0 saturated carbocycles. The van der Waals surface area contributed by atoms with E-state index in [9.17, 15) is 18.0 Å². The summed E-state index contributed by atoms with van der Waals surface area (Å²) in [5.41, 5.74) is 2.66. The van der Waals surface area contributed by atoms with Crippen molar-refractivity contribution >= 4 is 17.0 Å². The molecule has 2 aromatic heterocycles. The average Bonchev–Trinajstić information content (AvgIpc) is 3.12. The van der Waals surface area contributed by atoms with Crippen LogP contribution in [-0.4, -0.2) is 24.3 Å². The van der Waals surface area contributed by atoms with Crippen LogP contribution in [0.15, 0.2) is 79.0 Å². The summed E-state index contributed by atoms with van der Waals surface area (Å²) in [7, 11) is 3.82. The molecular weight excluding hydrogens is 389 g/mol. The molecular formula is C24H19F3N2O. The Morgan fingerprint density at radius 2 is 1.57 bits per heavy atom. The van der Waals surface area contributed by atoms with Gasteiger partial charge in [0.2, 0.25) is 5.78 Å². The minimum atomic E-state index is -4.47. The van der Waals surface area contributed by atoms with E-state index in [1.807, 2.05) is 43.3 Å². The number of carbonyl (C=O) groups is 1. The lowest BCUT2D eigenvalue weighted by molar-refractivity contribution is -0.137. The van der Waals surface area contributed by atoms with Gasteiger partial charge in [-0.25, -0.2) is 0 Å². The van der Waals surface area contributed by atoms with Crippen LogP contribution in [0.3, 0.4) is 0 Å². The summed E-state index contributed by atoms with van der Waals surface area (Å²) in [4.78, 5) is 15.0. The lowest BCUT2D eigenvalue weighted by atomic mass is 10.0. The Labute approximate surface area is 172 Å². The zero-order chi connectivity index (χ0) is 21.5. The van der Waals surface area contributed by atoms with E-state index >= 15 is 0 Å². The van der Waals surface area contributed by atoms with Crippen LogP contribution in [0, 0.1) is 0 Å². The third kappa shape index (κ3) is 3.56. The number of hydrogen-bond acceptors (Lipinski definition) is 2. The van der Waals surface area contributed by atoms with Crippen molar-refractivity contribution in [2.45, 2.75) is 6.18 Å². The summed E-state index contributed by atoms with van der Waals surface area (Å²) >= 11 is 0. The first-order valence-electron chi connectivity index (χ1n) is 9.35. The number of benzene rings is 2. The number of halogens is 3. The second-order valence-corrected chi connectivity index (χ2v) is 7.25. The van der Waals surface area contributed by atoms with E-state index in [-0.39, 0.29) is 5.78 Å². The molecule has 6 heteroatoms. The molecule has 2 aromatic carbocycles. The van der Waals surface area contributed by atoms with Gasteiger partial charge in [0.25, 0.3) is 0 Å². The van der Waals surface area contributed by atoms with Gasteiger partial charge < -0.3 is 9.30 Å². The molecule has 3 nitrogen and oxygen atoms in total. The van der Waals surface area contributed by atoms with Crippen LogP contribution < -0.4 is 4.90 Å². The lowest BCUT2D eigenvalue weighted by Crippen LogP contribution is -2.08. The molecule has 0 aliphatic carbocycles. The summed E-state index contributed by atoms with van der Waals surface area (Å²) in [6, 6.07) is 19.9. The van der Waals surface area contributed by atoms with E-state index in [1.165, 1.54) is 10.6 Å². The zero-order valence-electron chi connectivity index (χ0n) is 16.4. The number of aromatic nitrogens is 1. The fraction of sp³-hybridized carbons (Fsp3) is 0.125. The van der Waals surface area contributed by atoms with Gasteiger partial charge in [-0.2, -0.15) is 13.2 Å². The molecule has 152 valence electrons. The number of pyridine rings is 1. The summed E-state index contributed by atoms with van der Waals surface area (Å²) in [6.45, 7) is 0. The van der Waals surface area contributed by atoms with Gasteiger partial charge >= 0.3 is 6.18 Å². The highest BCUT2D eigenvalue weighted by Gasteiger charge is 2.31. The van der Waals surface area contributed by atoms with E-state index in [1.54, 1.807) is 36.4 Å². The smallest absolute Gasteiger partial charge is 0.378 e. The molecule has 0 amide bonds. The van der Waals surface area contributed by atoms with Gasteiger partial charge in [0, 0.05) is 37.1 Å². The molecule has 0 atom stereocenters. The van der Waals surface area contributed by atoms with Gasteiger partial charge in [0.15, 0.2) is 0 Å². The molecule has 30 heavy (non-hydrogen) atoms. The predicted octanol–water partition coefficient (Wildman–Crippen LogP) is 5.92. The van der Waals surface area contributed by atoms with Gasteiger partial charge in [-0.05, 0) is 35.9 Å². The standard InChI is InChI=1S/C24H19F3N2O/c1-28(2)19-10-8-16(9-11-19)20-15-22(23(30)17-6-4-3-5-7-17)29-13-12-18(14-21(20)29)24(25,26)27/h3-15H,1-2H3. The molecule has 0 saturated heterocycles. The Morgan fingerprint density at radius 1 is 0.900 bits per heavy atom. The molecule has 0 N–H and O–H groups in total. The number of fused-ring (bicyclic) bond motifs is 1.